The van der Waals surface area contributed by atoms with E-state index in [2.05, 4.69) is 0 Å². The molecule has 0 aliphatic heterocycles. The van der Waals surface area contributed by atoms with E-state index in [0.29, 0.717) is 11.3 Å². The predicted octanol–water partition coefficient (Wildman–Crippen LogP) is 4.76. The zero-order valence-electron chi connectivity index (χ0n) is 15.2. The van der Waals surface area contributed by atoms with Crippen LogP contribution in [0.2, 0.25) is 0 Å². The third-order valence-electron chi connectivity index (χ3n) is 3.86. The van der Waals surface area contributed by atoms with Gasteiger partial charge in [-0.1, -0.05) is 32.0 Å². The summed E-state index contributed by atoms with van der Waals surface area (Å²) in [5, 5.41) is 18.4. The van der Waals surface area contributed by atoms with Crippen LogP contribution in [0.25, 0.3) is 0 Å². The first-order valence-corrected chi connectivity index (χ1v) is 8.13. The highest BCUT2D eigenvalue weighted by Gasteiger charge is 2.19. The Morgan fingerprint density at radius 2 is 1.60 bits per heavy atom. The maximum absolute atomic E-state index is 11.5. The van der Waals surface area contributed by atoms with Gasteiger partial charge >= 0.3 is 11.9 Å². The van der Waals surface area contributed by atoms with Crippen molar-refractivity contribution >= 4 is 11.9 Å². The van der Waals surface area contributed by atoms with Gasteiger partial charge in [0.25, 0.3) is 0 Å². The maximum atomic E-state index is 11.5. The molecule has 5 heteroatoms. The molecule has 2 aromatic carbocycles. The number of benzene rings is 2. The molecule has 0 saturated carbocycles. The number of carbonyl (C=O) groups is 2. The molecule has 2 N–H and O–H groups in total. The monoisotopic (exact) mass is 344 g/mol. The zero-order chi connectivity index (χ0) is 19.1. The first kappa shape index (κ1) is 20.2. The van der Waals surface area contributed by atoms with Crippen LogP contribution in [0.3, 0.4) is 0 Å². The molecule has 0 unspecified atom stereocenters. The first-order chi connectivity index (χ1) is 11.8. The van der Waals surface area contributed by atoms with E-state index < -0.39 is 11.9 Å². The summed E-state index contributed by atoms with van der Waals surface area (Å²) in [6, 6.07) is 8.30. The minimum absolute atomic E-state index is 0.0655. The highest BCUT2D eigenvalue weighted by Crippen LogP contribution is 2.34. The first-order valence-electron chi connectivity index (χ1n) is 8.13. The minimum atomic E-state index is -1.08. The molecule has 0 aliphatic rings. The number of carboxylic acids is 2. The normalized spacial score (nSPS) is 9.80. The second-order valence-corrected chi connectivity index (χ2v) is 5.41. The smallest absolute Gasteiger partial charge is 0.339 e. The number of ether oxygens (including phenoxy) is 1. The molecule has 0 saturated heterocycles. The third kappa shape index (κ3) is 4.83. The van der Waals surface area contributed by atoms with Crippen LogP contribution in [0.15, 0.2) is 30.3 Å². The van der Waals surface area contributed by atoms with E-state index in [0.717, 1.165) is 16.7 Å². The zero-order valence-corrected chi connectivity index (χ0v) is 15.2. The van der Waals surface area contributed by atoms with Crippen molar-refractivity contribution in [2.24, 2.45) is 0 Å². The average Bonchev–Trinajstić information content (AvgIpc) is 2.57. The van der Waals surface area contributed by atoms with E-state index in [1.54, 1.807) is 37.3 Å². The molecule has 0 radical (unpaired) electrons. The maximum Gasteiger partial charge on any atom is 0.339 e. The van der Waals surface area contributed by atoms with Crippen LogP contribution in [0.4, 0.5) is 0 Å². The van der Waals surface area contributed by atoms with E-state index in [9.17, 15) is 14.7 Å². The largest absolute Gasteiger partial charge is 0.481 e. The van der Waals surface area contributed by atoms with Crippen molar-refractivity contribution in [2.45, 2.75) is 41.0 Å². The van der Waals surface area contributed by atoms with E-state index in [1.807, 2.05) is 27.7 Å². The molecule has 0 aliphatic carbocycles. The number of para-hydroxylation sites is 1. The summed E-state index contributed by atoms with van der Waals surface area (Å²) in [5.41, 5.74) is 3.10. The molecule has 25 heavy (non-hydrogen) atoms. The van der Waals surface area contributed by atoms with Gasteiger partial charge in [-0.3, -0.25) is 4.79 Å². The van der Waals surface area contributed by atoms with Gasteiger partial charge in [0.05, 0.1) is 6.42 Å². The molecule has 5 nitrogen and oxygen atoms in total. The second-order valence-electron chi connectivity index (χ2n) is 5.41. The van der Waals surface area contributed by atoms with Crippen LogP contribution in [0, 0.1) is 20.8 Å². The van der Waals surface area contributed by atoms with Crippen LogP contribution < -0.4 is 4.74 Å². The van der Waals surface area contributed by atoms with E-state index in [1.165, 1.54) is 0 Å². The van der Waals surface area contributed by atoms with Gasteiger partial charge in [-0.2, -0.15) is 0 Å². The van der Waals surface area contributed by atoms with E-state index in [4.69, 9.17) is 9.84 Å². The molecule has 0 heterocycles. The van der Waals surface area contributed by atoms with Crippen LogP contribution >= 0.6 is 0 Å². The Morgan fingerprint density at radius 3 is 2.16 bits per heavy atom. The van der Waals surface area contributed by atoms with Crippen molar-refractivity contribution in [3.05, 3.63) is 58.1 Å². The number of aromatic carboxylic acids is 1. The van der Waals surface area contributed by atoms with Crippen molar-refractivity contribution in [3.8, 4) is 11.5 Å². The molecule has 134 valence electrons. The Bertz CT molecular complexity index is 778. The van der Waals surface area contributed by atoms with Crippen molar-refractivity contribution in [2.75, 3.05) is 0 Å². The molecule has 0 bridgehead atoms. The van der Waals surface area contributed by atoms with Crippen LogP contribution in [-0.4, -0.2) is 22.2 Å². The molecule has 0 atom stereocenters. The molecule has 2 rings (SSSR count). The molecule has 0 spiro atoms. The van der Waals surface area contributed by atoms with Gasteiger partial charge in [-0.05, 0) is 49.6 Å². The van der Waals surface area contributed by atoms with E-state index >= 15 is 0 Å². The lowest BCUT2D eigenvalue weighted by molar-refractivity contribution is -0.136. The molecular formula is C20H24O5. The SMILES string of the molecule is CC.Cc1cc(C(=O)O)c(Oc2ccccc2CC(=O)O)c(C)c1C. The number of hydrogen-bond donors (Lipinski definition) is 2. The Kier molecular flexibility index (Phi) is 7.18. The van der Waals surface area contributed by atoms with Crippen LogP contribution in [-0.2, 0) is 11.2 Å². The van der Waals surface area contributed by atoms with Gasteiger partial charge in [0.15, 0.2) is 0 Å². The number of rotatable bonds is 5. The Labute approximate surface area is 147 Å². The third-order valence-corrected chi connectivity index (χ3v) is 3.86. The standard InChI is InChI=1S/C18H18O5.C2H6/c1-10-8-14(18(21)22)17(12(3)11(10)2)23-15-7-5-4-6-13(15)9-16(19)20;1-2/h4-8H,9H2,1-3H3,(H,19,20)(H,21,22);1-2H3. The summed E-state index contributed by atoms with van der Waals surface area (Å²) in [6.45, 7) is 9.53. The Hall–Kier alpha value is -2.82. The number of aliphatic carboxylic acids is 1. The van der Waals surface area contributed by atoms with Crippen molar-refractivity contribution < 1.29 is 24.5 Å². The number of aryl methyl sites for hydroxylation is 1. The molecule has 0 aromatic heterocycles. The van der Waals surface area contributed by atoms with Gasteiger partial charge in [-0.25, -0.2) is 4.79 Å². The van der Waals surface area contributed by atoms with Gasteiger partial charge in [0, 0.05) is 5.56 Å². The summed E-state index contributed by atoms with van der Waals surface area (Å²) >= 11 is 0. The fourth-order valence-electron chi connectivity index (χ4n) is 2.37. The lowest BCUT2D eigenvalue weighted by Gasteiger charge is -2.17. The van der Waals surface area contributed by atoms with Crippen molar-refractivity contribution in [3.63, 3.8) is 0 Å². The average molecular weight is 344 g/mol. The number of carboxylic acid groups (broad SMARTS) is 2. The van der Waals surface area contributed by atoms with Crippen molar-refractivity contribution in [1.82, 2.24) is 0 Å². The molecular weight excluding hydrogens is 320 g/mol. The van der Waals surface area contributed by atoms with Gasteiger partial charge in [0.2, 0.25) is 0 Å². The lowest BCUT2D eigenvalue weighted by Crippen LogP contribution is -2.07. The minimum Gasteiger partial charge on any atom is -0.481 e. The van der Waals surface area contributed by atoms with Crippen LogP contribution in [0.5, 0.6) is 11.5 Å². The molecule has 2 aromatic rings. The second kappa shape index (κ2) is 8.87. The lowest BCUT2D eigenvalue weighted by atomic mass is 9.99. The highest BCUT2D eigenvalue weighted by atomic mass is 16.5. The van der Waals surface area contributed by atoms with Gasteiger partial charge in [-0.15, -0.1) is 0 Å². The van der Waals surface area contributed by atoms with Gasteiger partial charge < -0.3 is 14.9 Å². The number of hydrogen-bond acceptors (Lipinski definition) is 3. The summed E-state index contributed by atoms with van der Waals surface area (Å²) in [4.78, 5) is 22.5. The van der Waals surface area contributed by atoms with Crippen molar-refractivity contribution in [1.29, 1.82) is 0 Å². The Morgan fingerprint density at radius 1 is 1.00 bits per heavy atom. The van der Waals surface area contributed by atoms with E-state index in [-0.39, 0.29) is 17.7 Å². The topological polar surface area (TPSA) is 83.8 Å². The molecule has 0 amide bonds. The van der Waals surface area contributed by atoms with Crippen LogP contribution in [0.1, 0.15) is 46.5 Å². The summed E-state index contributed by atoms with van der Waals surface area (Å²) in [6.07, 6.45) is -0.192. The summed E-state index contributed by atoms with van der Waals surface area (Å²) < 4.78 is 5.83. The predicted molar refractivity (Wildman–Crippen MR) is 96.8 cm³/mol. The highest BCUT2D eigenvalue weighted by molar-refractivity contribution is 5.92. The summed E-state index contributed by atoms with van der Waals surface area (Å²) in [5.74, 6) is -1.46. The fourth-order valence-corrected chi connectivity index (χ4v) is 2.37. The summed E-state index contributed by atoms with van der Waals surface area (Å²) in [7, 11) is 0. The quantitative estimate of drug-likeness (QED) is 0.817. The van der Waals surface area contributed by atoms with Gasteiger partial charge in [0.1, 0.15) is 17.1 Å². The Balaban J connectivity index is 0.00000151. The fraction of sp³-hybridized carbons (Fsp3) is 0.300. The molecule has 0 fully saturated rings.